The zero-order valence-corrected chi connectivity index (χ0v) is 21.3. The predicted octanol–water partition coefficient (Wildman–Crippen LogP) is 1.96. The third-order valence-electron chi connectivity index (χ3n) is 7.07. The van der Waals surface area contributed by atoms with Crippen molar-refractivity contribution in [2.45, 2.75) is 82.1 Å². The fraction of sp³-hybridized carbons (Fsp3) is 0.538. The van der Waals surface area contributed by atoms with Gasteiger partial charge in [-0.15, -0.1) is 0 Å². The summed E-state index contributed by atoms with van der Waals surface area (Å²) in [5.41, 5.74) is 1.83. The molecule has 210 valence electrons. The predicted molar refractivity (Wildman–Crippen MR) is 137 cm³/mol. The topological polar surface area (TPSA) is 181 Å². The molecule has 0 saturated carbocycles. The first-order valence-electron chi connectivity index (χ1n) is 13.1. The van der Waals surface area contributed by atoms with Crippen molar-refractivity contribution < 1.29 is 39.4 Å². The van der Waals surface area contributed by atoms with Crippen LogP contribution in [0.4, 0.5) is 5.82 Å². The Morgan fingerprint density at radius 2 is 1.85 bits per heavy atom. The van der Waals surface area contributed by atoms with E-state index in [-0.39, 0.29) is 13.2 Å². The van der Waals surface area contributed by atoms with Gasteiger partial charge in [0.05, 0.1) is 12.4 Å². The van der Waals surface area contributed by atoms with Gasteiger partial charge in [0.1, 0.15) is 24.6 Å². The van der Waals surface area contributed by atoms with E-state index in [4.69, 9.17) is 19.3 Å². The lowest BCUT2D eigenvalue weighted by molar-refractivity contribution is -0.137. The maximum atomic E-state index is 10.8. The van der Waals surface area contributed by atoms with Crippen LogP contribution in [0.25, 0.3) is 11.2 Å². The fourth-order valence-corrected chi connectivity index (χ4v) is 4.96. The minimum atomic E-state index is -1.29. The summed E-state index contributed by atoms with van der Waals surface area (Å²) in [6, 6.07) is 5.66. The number of imidazole rings is 1. The van der Waals surface area contributed by atoms with Crippen molar-refractivity contribution in [3.05, 3.63) is 36.4 Å². The molecule has 5 atom stereocenters. The van der Waals surface area contributed by atoms with Crippen LogP contribution < -0.4 is 14.8 Å². The second-order valence-corrected chi connectivity index (χ2v) is 9.83. The minimum Gasteiger partial charge on any atom is -0.481 e. The summed E-state index contributed by atoms with van der Waals surface area (Å²) in [5.74, 6) is 1.08. The number of ether oxygens (including phenoxy) is 3. The lowest BCUT2D eigenvalue weighted by Gasteiger charge is -2.21. The monoisotopic (exact) mass is 543 g/mol. The van der Waals surface area contributed by atoms with Gasteiger partial charge in [-0.3, -0.25) is 9.36 Å². The average Bonchev–Trinajstić information content (AvgIpc) is 3.64. The molecular weight excluding hydrogens is 510 g/mol. The molecule has 1 fully saturated rings. The molecule has 1 aromatic carbocycles. The summed E-state index contributed by atoms with van der Waals surface area (Å²) in [6.45, 7) is 0.652. The number of nitrogens with zero attached hydrogens (tertiary/aromatic N) is 4. The molecule has 0 spiro atoms. The first-order chi connectivity index (χ1) is 18.9. The van der Waals surface area contributed by atoms with Gasteiger partial charge in [-0.1, -0.05) is 31.7 Å². The molecule has 2 aliphatic heterocycles. The van der Waals surface area contributed by atoms with E-state index in [0.29, 0.717) is 54.3 Å². The largest absolute Gasteiger partial charge is 0.481 e. The number of fused-ring (bicyclic) bond motifs is 2. The Kier molecular flexibility index (Phi) is 8.41. The van der Waals surface area contributed by atoms with Gasteiger partial charge in [0.2, 0.25) is 6.79 Å². The molecule has 13 heteroatoms. The number of hydrogen-bond acceptors (Lipinski definition) is 11. The van der Waals surface area contributed by atoms with E-state index in [0.717, 1.165) is 24.8 Å². The fourth-order valence-electron chi connectivity index (χ4n) is 4.96. The highest BCUT2D eigenvalue weighted by atomic mass is 16.7. The van der Waals surface area contributed by atoms with E-state index >= 15 is 0 Å². The molecule has 0 aliphatic carbocycles. The average molecular weight is 544 g/mol. The molecule has 3 aromatic rings. The van der Waals surface area contributed by atoms with Crippen molar-refractivity contribution in [1.82, 2.24) is 19.5 Å². The summed E-state index contributed by atoms with van der Waals surface area (Å²) in [4.78, 5) is 23.6. The number of unbranched alkanes of at least 4 members (excludes halogenated alkanes) is 4. The Hall–Kier alpha value is -3.52. The lowest BCUT2D eigenvalue weighted by atomic mass is 10.00. The van der Waals surface area contributed by atoms with Gasteiger partial charge < -0.3 is 40.0 Å². The van der Waals surface area contributed by atoms with Crippen LogP contribution in [0.1, 0.15) is 56.7 Å². The summed E-state index contributed by atoms with van der Waals surface area (Å²) in [6.07, 6.45) is 1.73. The van der Waals surface area contributed by atoms with Crippen LogP contribution >= 0.6 is 0 Å². The third-order valence-corrected chi connectivity index (χ3v) is 7.07. The highest BCUT2D eigenvalue weighted by Crippen LogP contribution is 2.35. The molecule has 0 bridgehead atoms. The van der Waals surface area contributed by atoms with Crippen LogP contribution in [0.5, 0.6) is 11.5 Å². The molecule has 2 aliphatic rings. The maximum absolute atomic E-state index is 10.8. The summed E-state index contributed by atoms with van der Waals surface area (Å²) in [5, 5.41) is 44.0. The number of carbonyl (C=O) groups is 1. The number of anilines is 1. The van der Waals surface area contributed by atoms with E-state index in [1.54, 1.807) is 0 Å². The van der Waals surface area contributed by atoms with Gasteiger partial charge >= 0.3 is 5.97 Å². The minimum absolute atomic E-state index is 0.162. The molecule has 13 nitrogen and oxygen atoms in total. The van der Waals surface area contributed by atoms with E-state index < -0.39 is 36.6 Å². The van der Waals surface area contributed by atoms with E-state index in [9.17, 15) is 20.1 Å². The van der Waals surface area contributed by atoms with E-state index in [1.165, 1.54) is 17.2 Å². The van der Waals surface area contributed by atoms with E-state index in [2.05, 4.69) is 20.3 Å². The Morgan fingerprint density at radius 1 is 1.05 bits per heavy atom. The number of aliphatic hydroxyl groups excluding tert-OH is 3. The number of aromatic nitrogens is 4. The second-order valence-electron chi connectivity index (χ2n) is 9.83. The zero-order chi connectivity index (χ0) is 27.4. The Balaban J connectivity index is 1.19. The van der Waals surface area contributed by atoms with E-state index in [1.807, 2.05) is 18.2 Å². The van der Waals surface area contributed by atoms with Crippen LogP contribution in [0.15, 0.2) is 30.9 Å². The summed E-state index contributed by atoms with van der Waals surface area (Å²) < 4.78 is 18.2. The number of carboxylic acid groups (broad SMARTS) is 1. The van der Waals surface area contributed by atoms with Crippen LogP contribution in [-0.2, 0) is 16.1 Å². The Labute approximate surface area is 224 Å². The molecule has 5 rings (SSSR count). The zero-order valence-electron chi connectivity index (χ0n) is 21.3. The smallest absolute Gasteiger partial charge is 0.303 e. The molecular formula is C26H33N5O8. The number of benzene rings is 1. The SMILES string of the molecule is O=C(O)CCCCCCCC(O)[C@H]1O[C@@H](n2cnc3c(NCc4ccc5c(c4)OCO5)ncnc32)[C@H](O)[C@@H]1O. The van der Waals surface area contributed by atoms with Gasteiger partial charge in [0.15, 0.2) is 34.7 Å². The van der Waals surface area contributed by atoms with Crippen molar-refractivity contribution in [1.29, 1.82) is 0 Å². The molecule has 2 aromatic heterocycles. The van der Waals surface area contributed by atoms with Crippen LogP contribution in [0.3, 0.4) is 0 Å². The molecule has 0 radical (unpaired) electrons. The number of aliphatic hydroxyl groups is 3. The third kappa shape index (κ3) is 6.06. The van der Waals surface area contributed by atoms with Crippen LogP contribution in [0.2, 0.25) is 0 Å². The standard InChI is InChI=1S/C26H33N5O8/c32-16(6-4-2-1-3-5-7-19(33)34)23-21(35)22(36)26(39-23)31-13-30-20-24(28-12-29-25(20)31)27-11-15-8-9-17-18(10-15)38-14-37-17/h8-10,12-13,16,21-23,26,32,35-36H,1-7,11,14H2,(H,33,34)(H,27,28,29)/t16?,21-,22+,23+,26+/m0/s1. The molecule has 39 heavy (non-hydrogen) atoms. The van der Waals surface area contributed by atoms with Gasteiger partial charge in [0, 0.05) is 13.0 Å². The number of aliphatic carboxylic acids is 1. The molecule has 1 saturated heterocycles. The first kappa shape index (κ1) is 27.1. The molecule has 4 heterocycles. The van der Waals surface area contributed by atoms with Crippen LogP contribution in [0, 0.1) is 0 Å². The highest BCUT2D eigenvalue weighted by molar-refractivity contribution is 5.82. The van der Waals surface area contributed by atoms with Crippen LogP contribution in [-0.4, -0.2) is 77.1 Å². The normalized spacial score (nSPS) is 22.8. The second kappa shape index (κ2) is 12.1. The highest BCUT2D eigenvalue weighted by Gasteiger charge is 2.47. The molecule has 0 amide bonds. The van der Waals surface area contributed by atoms with Crippen molar-refractivity contribution in [3.63, 3.8) is 0 Å². The number of rotatable bonds is 13. The number of carboxylic acids is 1. The summed E-state index contributed by atoms with van der Waals surface area (Å²) in [7, 11) is 0. The van der Waals surface area contributed by atoms with Crippen molar-refractivity contribution in [3.8, 4) is 11.5 Å². The Morgan fingerprint density at radius 3 is 2.69 bits per heavy atom. The first-order valence-corrected chi connectivity index (χ1v) is 13.1. The number of nitrogens with one attached hydrogen (secondary N) is 1. The summed E-state index contributed by atoms with van der Waals surface area (Å²) >= 11 is 0. The number of hydrogen-bond donors (Lipinski definition) is 5. The van der Waals surface area contributed by atoms with Crippen molar-refractivity contribution in [2.75, 3.05) is 12.1 Å². The van der Waals surface area contributed by atoms with Gasteiger partial charge in [-0.05, 0) is 30.5 Å². The lowest BCUT2D eigenvalue weighted by Crippen LogP contribution is -2.38. The van der Waals surface area contributed by atoms with Gasteiger partial charge in [-0.2, -0.15) is 0 Å². The Bertz CT molecular complexity index is 1290. The van der Waals surface area contributed by atoms with Gasteiger partial charge in [-0.25, -0.2) is 15.0 Å². The molecule has 5 N–H and O–H groups in total. The van der Waals surface area contributed by atoms with Crippen molar-refractivity contribution in [2.24, 2.45) is 0 Å². The molecule has 1 unspecified atom stereocenters. The maximum Gasteiger partial charge on any atom is 0.303 e. The van der Waals surface area contributed by atoms with Crippen molar-refractivity contribution >= 4 is 23.0 Å². The quantitative estimate of drug-likeness (QED) is 0.198. The van der Waals surface area contributed by atoms with Gasteiger partial charge in [0.25, 0.3) is 0 Å².